The van der Waals surface area contributed by atoms with E-state index < -0.39 is 16.0 Å². The van der Waals surface area contributed by atoms with E-state index >= 15 is 0 Å². The van der Waals surface area contributed by atoms with Crippen LogP contribution >= 0.6 is 0 Å². The Morgan fingerprint density at radius 1 is 1.30 bits per heavy atom. The Bertz CT molecular complexity index is 496. The molecule has 1 saturated heterocycles. The first-order valence-corrected chi connectivity index (χ1v) is 8.50. The van der Waals surface area contributed by atoms with Gasteiger partial charge in [-0.1, -0.05) is 0 Å². The number of carbonyl (C=O) groups excluding carboxylic acids is 1. The summed E-state index contributed by atoms with van der Waals surface area (Å²) in [4.78, 5) is 24.6. The van der Waals surface area contributed by atoms with Gasteiger partial charge in [0, 0.05) is 24.9 Å². The van der Waals surface area contributed by atoms with Gasteiger partial charge < -0.3 is 10.0 Å². The number of hydrogen-bond acceptors (Lipinski definition) is 4. The van der Waals surface area contributed by atoms with Crippen molar-refractivity contribution in [3.05, 3.63) is 0 Å². The summed E-state index contributed by atoms with van der Waals surface area (Å²) in [6.45, 7) is 0.414. The molecular weight excluding hydrogens is 284 g/mol. The Hall–Kier alpha value is -1.15. The largest absolute Gasteiger partial charge is 0.481 e. The van der Waals surface area contributed by atoms with Crippen LogP contribution in [0, 0.1) is 11.8 Å². The molecule has 1 heterocycles. The summed E-state index contributed by atoms with van der Waals surface area (Å²) >= 11 is 0. The fourth-order valence-electron chi connectivity index (χ4n) is 3.24. The average molecular weight is 304 g/mol. The molecule has 0 bridgehead atoms. The molecule has 1 saturated carbocycles. The van der Waals surface area contributed by atoms with Crippen molar-refractivity contribution in [3.8, 4) is 0 Å². The van der Waals surface area contributed by atoms with Crippen molar-refractivity contribution in [2.75, 3.05) is 12.3 Å². The molecule has 1 atom stereocenters. The lowest BCUT2D eigenvalue weighted by atomic mass is 9.85. The lowest BCUT2D eigenvalue weighted by Crippen LogP contribution is -2.40. The van der Waals surface area contributed by atoms with E-state index in [-0.39, 0.29) is 36.0 Å². The number of sulfonamides is 1. The topological polar surface area (TPSA) is 118 Å². The van der Waals surface area contributed by atoms with E-state index in [1.807, 2.05) is 0 Å². The summed E-state index contributed by atoms with van der Waals surface area (Å²) in [6, 6.07) is 0.0450. The number of carboxylic acid groups (broad SMARTS) is 1. The van der Waals surface area contributed by atoms with E-state index in [0.717, 1.165) is 0 Å². The van der Waals surface area contributed by atoms with Crippen LogP contribution in [0.4, 0.5) is 0 Å². The van der Waals surface area contributed by atoms with E-state index in [4.69, 9.17) is 10.2 Å². The summed E-state index contributed by atoms with van der Waals surface area (Å²) < 4.78 is 22.2. The standard InChI is InChI=1S/C12H20N2O5S/c13-20(18,19)7-8-5-11(15)14(6-8)10-3-1-9(2-4-10)12(16)17/h8-10H,1-7H2,(H,16,17)(H2,13,18,19). The molecule has 1 unspecified atom stereocenters. The van der Waals surface area contributed by atoms with Crippen LogP contribution in [0.2, 0.25) is 0 Å². The second kappa shape index (κ2) is 5.69. The second-order valence-corrected chi connectivity index (χ2v) is 7.45. The fourth-order valence-corrected chi connectivity index (χ4v) is 4.12. The molecule has 1 aliphatic heterocycles. The first-order chi connectivity index (χ1) is 9.26. The molecule has 3 N–H and O–H groups in total. The zero-order valence-electron chi connectivity index (χ0n) is 11.2. The van der Waals surface area contributed by atoms with Gasteiger partial charge in [0.2, 0.25) is 15.9 Å². The highest BCUT2D eigenvalue weighted by molar-refractivity contribution is 7.89. The maximum Gasteiger partial charge on any atom is 0.306 e. The number of carboxylic acids is 1. The molecule has 0 aromatic carbocycles. The third-order valence-electron chi connectivity index (χ3n) is 4.19. The average Bonchev–Trinajstić information content (AvgIpc) is 2.67. The monoisotopic (exact) mass is 304 g/mol. The van der Waals surface area contributed by atoms with Crippen molar-refractivity contribution in [1.82, 2.24) is 4.90 Å². The zero-order valence-corrected chi connectivity index (χ0v) is 12.0. The van der Waals surface area contributed by atoms with E-state index in [2.05, 4.69) is 0 Å². The first kappa shape index (κ1) is 15.2. The highest BCUT2D eigenvalue weighted by atomic mass is 32.2. The van der Waals surface area contributed by atoms with Crippen LogP contribution in [-0.2, 0) is 19.6 Å². The number of rotatable bonds is 4. The summed E-state index contributed by atoms with van der Waals surface area (Å²) in [5, 5.41) is 14.0. The minimum Gasteiger partial charge on any atom is -0.481 e. The molecule has 114 valence electrons. The molecule has 20 heavy (non-hydrogen) atoms. The van der Waals surface area contributed by atoms with Gasteiger partial charge in [-0.05, 0) is 25.7 Å². The predicted octanol–water partition coefficient (Wildman–Crippen LogP) is -0.233. The van der Waals surface area contributed by atoms with Crippen molar-refractivity contribution < 1.29 is 23.1 Å². The molecule has 0 radical (unpaired) electrons. The quantitative estimate of drug-likeness (QED) is 0.743. The lowest BCUT2D eigenvalue weighted by molar-refractivity contribution is -0.143. The third kappa shape index (κ3) is 3.69. The molecule has 0 spiro atoms. The molecule has 7 nitrogen and oxygen atoms in total. The summed E-state index contributed by atoms with van der Waals surface area (Å²) in [5.74, 6) is -1.54. The maximum atomic E-state index is 12.0. The molecule has 2 fully saturated rings. The summed E-state index contributed by atoms with van der Waals surface area (Å²) in [7, 11) is -3.56. The van der Waals surface area contributed by atoms with Gasteiger partial charge in [-0.15, -0.1) is 0 Å². The van der Waals surface area contributed by atoms with E-state index in [0.29, 0.717) is 32.2 Å². The van der Waals surface area contributed by atoms with Crippen LogP contribution in [0.3, 0.4) is 0 Å². The van der Waals surface area contributed by atoms with Crippen molar-refractivity contribution in [3.63, 3.8) is 0 Å². The Morgan fingerprint density at radius 3 is 2.40 bits per heavy atom. The van der Waals surface area contributed by atoms with Crippen molar-refractivity contribution in [1.29, 1.82) is 0 Å². The zero-order chi connectivity index (χ0) is 14.9. The van der Waals surface area contributed by atoms with Gasteiger partial charge in [0.05, 0.1) is 11.7 Å². The number of nitrogens with two attached hydrogens (primary N) is 1. The van der Waals surface area contributed by atoms with Crippen LogP contribution in [0.5, 0.6) is 0 Å². The first-order valence-electron chi connectivity index (χ1n) is 6.79. The number of nitrogens with zero attached hydrogens (tertiary/aromatic N) is 1. The van der Waals surface area contributed by atoms with Gasteiger partial charge in [-0.25, -0.2) is 13.6 Å². The second-order valence-electron chi connectivity index (χ2n) is 5.79. The van der Waals surface area contributed by atoms with E-state index in [9.17, 15) is 18.0 Å². The van der Waals surface area contributed by atoms with Crippen LogP contribution in [-0.4, -0.2) is 48.6 Å². The number of hydrogen-bond donors (Lipinski definition) is 2. The van der Waals surface area contributed by atoms with Gasteiger partial charge in [-0.2, -0.15) is 0 Å². The van der Waals surface area contributed by atoms with Crippen molar-refractivity contribution in [2.24, 2.45) is 17.0 Å². The minimum absolute atomic E-state index is 0.0441. The normalized spacial score (nSPS) is 31.6. The highest BCUT2D eigenvalue weighted by Crippen LogP contribution is 2.31. The molecular formula is C12H20N2O5S. The minimum atomic E-state index is -3.56. The smallest absolute Gasteiger partial charge is 0.306 e. The van der Waals surface area contributed by atoms with Gasteiger partial charge in [0.25, 0.3) is 0 Å². The molecule has 0 aromatic rings. The number of aliphatic carboxylic acids is 1. The molecule has 2 aliphatic rings. The number of primary sulfonamides is 1. The lowest BCUT2D eigenvalue weighted by Gasteiger charge is -2.33. The predicted molar refractivity (Wildman–Crippen MR) is 71.2 cm³/mol. The van der Waals surface area contributed by atoms with Gasteiger partial charge >= 0.3 is 5.97 Å². The summed E-state index contributed by atoms with van der Waals surface area (Å²) in [5.41, 5.74) is 0. The van der Waals surface area contributed by atoms with E-state index in [1.165, 1.54) is 0 Å². The van der Waals surface area contributed by atoms with Gasteiger partial charge in [0.15, 0.2) is 0 Å². The molecule has 2 rings (SSSR count). The van der Waals surface area contributed by atoms with Crippen LogP contribution in [0.25, 0.3) is 0 Å². The number of amides is 1. The molecule has 1 aliphatic carbocycles. The maximum absolute atomic E-state index is 12.0. The van der Waals surface area contributed by atoms with Crippen molar-refractivity contribution >= 4 is 21.9 Å². The van der Waals surface area contributed by atoms with Crippen LogP contribution in [0.15, 0.2) is 0 Å². The Labute approximate surface area is 118 Å². The van der Waals surface area contributed by atoms with Gasteiger partial charge in [-0.3, -0.25) is 9.59 Å². The Kier molecular flexibility index (Phi) is 4.33. The van der Waals surface area contributed by atoms with Gasteiger partial charge in [0.1, 0.15) is 0 Å². The van der Waals surface area contributed by atoms with Crippen molar-refractivity contribution in [2.45, 2.75) is 38.1 Å². The molecule has 0 aromatic heterocycles. The molecule has 8 heteroatoms. The molecule has 1 amide bonds. The van der Waals surface area contributed by atoms with Crippen LogP contribution < -0.4 is 5.14 Å². The van der Waals surface area contributed by atoms with Crippen LogP contribution in [0.1, 0.15) is 32.1 Å². The fraction of sp³-hybridized carbons (Fsp3) is 0.833. The summed E-state index contributed by atoms with van der Waals surface area (Å²) in [6.07, 6.45) is 2.71. The number of carbonyl (C=O) groups is 2. The number of likely N-dealkylation sites (tertiary alicyclic amines) is 1. The Morgan fingerprint density at radius 2 is 1.90 bits per heavy atom. The van der Waals surface area contributed by atoms with E-state index in [1.54, 1.807) is 4.90 Å². The highest BCUT2D eigenvalue weighted by Gasteiger charge is 2.38. The Balaban J connectivity index is 1.91. The SMILES string of the molecule is NS(=O)(=O)CC1CC(=O)N(C2CCC(C(=O)O)CC2)C1. The third-order valence-corrected chi connectivity index (χ3v) is 5.13.